The Hall–Kier alpha value is 4.32. The van der Waals surface area contributed by atoms with Gasteiger partial charge >= 0.3 is 138 Å². The largest absolute Gasteiger partial charge is 1.00 e. The van der Waals surface area contributed by atoms with Crippen molar-refractivity contribution in [3.05, 3.63) is 0 Å². The Labute approximate surface area is 149 Å². The van der Waals surface area contributed by atoms with Crippen LogP contribution in [0.5, 0.6) is 0 Å². The van der Waals surface area contributed by atoms with Gasteiger partial charge in [-0.15, -0.1) is 0 Å². The zero-order chi connectivity index (χ0) is 0. The molecule has 4 heteroatoms. The van der Waals surface area contributed by atoms with Crippen molar-refractivity contribution in [2.45, 2.75) is 0 Å². The molecule has 0 saturated carbocycles. The van der Waals surface area contributed by atoms with Crippen LogP contribution in [0.2, 0.25) is 0 Å². The maximum atomic E-state index is 0. The minimum atomic E-state index is 0. The Balaban J connectivity index is 0. The molecule has 0 heterocycles. The van der Waals surface area contributed by atoms with Gasteiger partial charge in [-0.2, -0.15) is 0 Å². The smallest absolute Gasteiger partial charge is 1.00 e. The van der Waals surface area contributed by atoms with E-state index in [1.54, 1.807) is 0 Å². The van der Waals surface area contributed by atoms with Crippen LogP contribution in [0.3, 0.4) is 0 Å². The predicted octanol–water partition coefficient (Wildman–Crippen LogP) is -12.0. The minimum absolute atomic E-state index is 0. The quantitative estimate of drug-likeness (QED) is 0.416. The number of halogens is 2. The van der Waals surface area contributed by atoms with E-state index in [0.717, 1.165) is 0 Å². The fourth-order valence-corrected chi connectivity index (χ4v) is 0. The molecule has 0 aliphatic rings. The molecular formula is ClCs2F. The van der Waals surface area contributed by atoms with E-state index < -0.39 is 0 Å². The van der Waals surface area contributed by atoms with Crippen LogP contribution in [0.25, 0.3) is 0 Å². The van der Waals surface area contributed by atoms with Gasteiger partial charge in [-0.3, -0.25) is 0 Å². The summed E-state index contributed by atoms with van der Waals surface area (Å²) in [5.74, 6) is 0. The molecule has 0 aromatic carbocycles. The van der Waals surface area contributed by atoms with Crippen molar-refractivity contribution in [3.8, 4) is 0 Å². The van der Waals surface area contributed by atoms with Gasteiger partial charge in [0, 0.05) is 0 Å². The Bertz CT molecular complexity index is 6.00. The van der Waals surface area contributed by atoms with Gasteiger partial charge in [0.1, 0.15) is 0 Å². The summed E-state index contributed by atoms with van der Waals surface area (Å²) in [4.78, 5) is 0. The fraction of sp³-hybridized carbons (Fsp3) is 0. The van der Waals surface area contributed by atoms with Gasteiger partial charge in [0.2, 0.25) is 0 Å². The summed E-state index contributed by atoms with van der Waals surface area (Å²) in [7, 11) is 0. The molecule has 0 spiro atoms. The number of hydrogen-bond acceptors (Lipinski definition) is 0. The molecule has 0 nitrogen and oxygen atoms in total. The second kappa shape index (κ2) is 15.7. The molecule has 0 N–H and O–H groups in total. The molecule has 0 bridgehead atoms. The van der Waals surface area contributed by atoms with Gasteiger partial charge in [-0.05, 0) is 0 Å². The molecule has 4 heavy (non-hydrogen) atoms. The molecule has 0 aromatic heterocycles. The SMILES string of the molecule is [Cl-].[Cs+].[Cs+].[F-]. The van der Waals surface area contributed by atoms with Gasteiger partial charge in [0.15, 0.2) is 0 Å². The third kappa shape index (κ3) is 9.59. The van der Waals surface area contributed by atoms with E-state index in [0.29, 0.717) is 0 Å². The molecule has 0 saturated heterocycles. The summed E-state index contributed by atoms with van der Waals surface area (Å²) in [6.07, 6.45) is 0. The molecule has 0 aliphatic carbocycles. The molecule has 0 rings (SSSR count). The summed E-state index contributed by atoms with van der Waals surface area (Å²) in [5, 5.41) is 0. The van der Waals surface area contributed by atoms with Crippen molar-refractivity contribution in [1.82, 2.24) is 0 Å². The van der Waals surface area contributed by atoms with Crippen LogP contribution in [0.15, 0.2) is 0 Å². The molecule has 0 fully saturated rings. The van der Waals surface area contributed by atoms with Crippen LogP contribution in [0.1, 0.15) is 0 Å². The van der Waals surface area contributed by atoms with Crippen molar-refractivity contribution in [3.63, 3.8) is 0 Å². The first kappa shape index (κ1) is 23.9. The van der Waals surface area contributed by atoms with Crippen LogP contribution in [-0.2, 0) is 0 Å². The maximum absolute atomic E-state index is 0. The fourth-order valence-electron chi connectivity index (χ4n) is 0. The molecule has 0 atom stereocenters. The summed E-state index contributed by atoms with van der Waals surface area (Å²) in [6.45, 7) is 0. The first-order chi connectivity index (χ1) is 0. The number of rotatable bonds is 0. The molecule has 16 valence electrons. The van der Waals surface area contributed by atoms with E-state index in [2.05, 4.69) is 0 Å². The van der Waals surface area contributed by atoms with Gasteiger partial charge in [0.05, 0.1) is 0 Å². The Morgan fingerprint density at radius 3 is 0.750 bits per heavy atom. The van der Waals surface area contributed by atoms with Crippen LogP contribution in [0, 0.1) is 0 Å². The molecule has 0 amide bonds. The second-order valence-electron chi connectivity index (χ2n) is 0. The topological polar surface area (TPSA) is 0 Å². The molecule has 0 unspecified atom stereocenters. The second-order valence-corrected chi connectivity index (χ2v) is 0. The zero-order valence-corrected chi connectivity index (χ0v) is 16.1. The van der Waals surface area contributed by atoms with E-state index in [9.17, 15) is 0 Å². The van der Waals surface area contributed by atoms with Crippen molar-refractivity contribution in [2.24, 2.45) is 0 Å². The van der Waals surface area contributed by atoms with Crippen molar-refractivity contribution < 1.29 is 155 Å². The molecule has 0 radical (unpaired) electrons. The monoisotopic (exact) mass is 320 g/mol. The Morgan fingerprint density at radius 1 is 0.750 bits per heavy atom. The van der Waals surface area contributed by atoms with Crippen LogP contribution >= 0.6 is 0 Å². The zero-order valence-electron chi connectivity index (χ0n) is 2.76. The average Bonchev–Trinajstić information content (AvgIpc) is 0. The maximum Gasteiger partial charge on any atom is 1.00 e. The van der Waals surface area contributed by atoms with E-state index in [1.807, 2.05) is 0 Å². The van der Waals surface area contributed by atoms with Gasteiger partial charge in [-0.25, -0.2) is 0 Å². The molecular weight excluding hydrogens is 320 g/mol. The summed E-state index contributed by atoms with van der Waals surface area (Å²) in [5.41, 5.74) is 0. The van der Waals surface area contributed by atoms with E-state index in [-0.39, 0.29) is 155 Å². The van der Waals surface area contributed by atoms with Crippen LogP contribution in [0.4, 0.5) is 0 Å². The average molecular weight is 320 g/mol. The molecule has 0 aromatic rings. The first-order valence-electron chi connectivity index (χ1n) is 0. The Morgan fingerprint density at radius 2 is 0.750 bits per heavy atom. The minimum Gasteiger partial charge on any atom is -1.00 e. The van der Waals surface area contributed by atoms with Crippen molar-refractivity contribution in [1.29, 1.82) is 0 Å². The molecule has 0 aliphatic heterocycles. The van der Waals surface area contributed by atoms with Gasteiger partial charge in [-0.1, -0.05) is 0 Å². The number of hydrogen-bond donors (Lipinski definition) is 0. The third-order valence-corrected chi connectivity index (χ3v) is 0. The van der Waals surface area contributed by atoms with Crippen molar-refractivity contribution in [2.75, 3.05) is 0 Å². The van der Waals surface area contributed by atoms with Crippen LogP contribution < -0.4 is 155 Å². The van der Waals surface area contributed by atoms with Gasteiger partial charge in [0.25, 0.3) is 0 Å². The predicted molar refractivity (Wildman–Crippen MR) is 0 cm³/mol. The van der Waals surface area contributed by atoms with E-state index in [4.69, 9.17) is 0 Å². The first-order valence-corrected chi connectivity index (χ1v) is 0. The summed E-state index contributed by atoms with van der Waals surface area (Å²) < 4.78 is 0. The van der Waals surface area contributed by atoms with E-state index in [1.165, 1.54) is 0 Å². The van der Waals surface area contributed by atoms with Gasteiger partial charge < -0.3 is 17.1 Å². The third-order valence-electron chi connectivity index (χ3n) is 0. The van der Waals surface area contributed by atoms with E-state index >= 15 is 0 Å². The standard InChI is InChI=1S/ClH.2Cs.FH/h1H;;;1H/q;2*+1;/p-2. The summed E-state index contributed by atoms with van der Waals surface area (Å²) in [6, 6.07) is 0. The van der Waals surface area contributed by atoms with Crippen LogP contribution in [-0.4, -0.2) is 0 Å². The normalized spacial score (nSPS) is 0. The summed E-state index contributed by atoms with van der Waals surface area (Å²) >= 11 is 0. The van der Waals surface area contributed by atoms with Crippen molar-refractivity contribution >= 4 is 0 Å². The Kier molecular flexibility index (Phi) is 93.5.